The number of rotatable bonds is 6. The van der Waals surface area contributed by atoms with Crippen LogP contribution >= 0.6 is 0 Å². The summed E-state index contributed by atoms with van der Waals surface area (Å²) in [6.45, 7) is 1.86. The van der Waals surface area contributed by atoms with Crippen LogP contribution in [0, 0.1) is 0 Å². The first-order chi connectivity index (χ1) is 10.9. The highest BCUT2D eigenvalue weighted by molar-refractivity contribution is 7.90. The second kappa shape index (κ2) is 7.32. The van der Waals surface area contributed by atoms with E-state index in [2.05, 4.69) is 15.3 Å². The maximum atomic E-state index is 12.0. The van der Waals surface area contributed by atoms with Crippen molar-refractivity contribution >= 4 is 15.7 Å². The van der Waals surface area contributed by atoms with Crippen LogP contribution in [0.2, 0.25) is 0 Å². The van der Waals surface area contributed by atoms with Crippen LogP contribution < -0.4 is 5.32 Å². The monoisotopic (exact) mass is 333 g/mol. The van der Waals surface area contributed by atoms with Gasteiger partial charge in [-0.3, -0.25) is 14.8 Å². The maximum absolute atomic E-state index is 12.0. The molecule has 0 spiro atoms. The number of carbonyl (C=O) groups is 1. The quantitative estimate of drug-likeness (QED) is 0.869. The fraction of sp³-hybridized carbons (Fsp3) is 0.312. The van der Waals surface area contributed by atoms with Gasteiger partial charge in [0.05, 0.1) is 16.6 Å². The number of carbonyl (C=O) groups excluding carboxylic acids is 1. The Balaban J connectivity index is 1.90. The van der Waals surface area contributed by atoms with Gasteiger partial charge in [0.25, 0.3) is 0 Å². The summed E-state index contributed by atoms with van der Waals surface area (Å²) in [5, 5.41) is 2.89. The molecule has 1 aromatic heterocycles. The maximum Gasteiger partial charge on any atom is 0.220 e. The van der Waals surface area contributed by atoms with Gasteiger partial charge < -0.3 is 5.32 Å². The number of hydrogen-bond acceptors (Lipinski definition) is 5. The number of aryl methyl sites for hydroxylation is 1. The molecule has 0 bridgehead atoms. The van der Waals surface area contributed by atoms with Gasteiger partial charge in [-0.15, -0.1) is 0 Å². The molecule has 2 rings (SSSR count). The van der Waals surface area contributed by atoms with Crippen LogP contribution in [0.15, 0.2) is 47.8 Å². The first-order valence-corrected chi connectivity index (χ1v) is 9.09. The lowest BCUT2D eigenvalue weighted by Crippen LogP contribution is -2.26. The van der Waals surface area contributed by atoms with Crippen LogP contribution in [0.5, 0.6) is 0 Å². The standard InChI is InChI=1S/C16H19N3O3S/c1-12(13-3-6-15(7-4-13)23(2,21)22)19-16(20)8-5-14-11-17-9-10-18-14/h3-4,6-7,9-12H,5,8H2,1-2H3,(H,19,20). The number of aromatic nitrogens is 2. The smallest absolute Gasteiger partial charge is 0.220 e. The molecule has 1 N–H and O–H groups in total. The Labute approximate surface area is 135 Å². The van der Waals surface area contributed by atoms with E-state index in [-0.39, 0.29) is 16.8 Å². The van der Waals surface area contributed by atoms with Crippen LogP contribution in [0.3, 0.4) is 0 Å². The van der Waals surface area contributed by atoms with E-state index in [1.54, 1.807) is 42.9 Å². The zero-order chi connectivity index (χ0) is 16.9. The van der Waals surface area contributed by atoms with Crippen LogP contribution in [0.25, 0.3) is 0 Å². The Kier molecular flexibility index (Phi) is 5.44. The average Bonchev–Trinajstić information content (AvgIpc) is 2.53. The van der Waals surface area contributed by atoms with Gasteiger partial charge in [0.2, 0.25) is 5.91 Å². The number of nitrogens with one attached hydrogen (secondary N) is 1. The van der Waals surface area contributed by atoms with E-state index in [0.29, 0.717) is 12.8 Å². The molecule has 0 aliphatic rings. The molecule has 1 unspecified atom stereocenters. The van der Waals surface area contributed by atoms with Gasteiger partial charge in [0.15, 0.2) is 9.84 Å². The fourth-order valence-electron chi connectivity index (χ4n) is 2.10. The molecule has 0 aliphatic heterocycles. The van der Waals surface area contributed by atoms with E-state index in [4.69, 9.17) is 0 Å². The van der Waals surface area contributed by atoms with E-state index >= 15 is 0 Å². The lowest BCUT2D eigenvalue weighted by atomic mass is 10.1. The van der Waals surface area contributed by atoms with Gasteiger partial charge in [-0.1, -0.05) is 12.1 Å². The molecule has 0 radical (unpaired) electrons. The van der Waals surface area contributed by atoms with Crippen LogP contribution in [-0.2, 0) is 21.1 Å². The largest absolute Gasteiger partial charge is 0.350 e. The minimum Gasteiger partial charge on any atom is -0.350 e. The molecule has 1 aromatic carbocycles. The summed E-state index contributed by atoms with van der Waals surface area (Å²) < 4.78 is 22.9. The Morgan fingerprint density at radius 3 is 2.48 bits per heavy atom. The van der Waals surface area contributed by atoms with Crippen molar-refractivity contribution in [3.63, 3.8) is 0 Å². The summed E-state index contributed by atoms with van der Waals surface area (Å²) in [6.07, 6.45) is 6.84. The Hall–Kier alpha value is -2.28. The fourth-order valence-corrected chi connectivity index (χ4v) is 2.73. The second-order valence-electron chi connectivity index (χ2n) is 5.33. The molecule has 23 heavy (non-hydrogen) atoms. The molecule has 7 heteroatoms. The third-order valence-corrected chi connectivity index (χ3v) is 4.54. The highest BCUT2D eigenvalue weighted by atomic mass is 32.2. The van der Waals surface area contributed by atoms with E-state index in [9.17, 15) is 13.2 Å². The summed E-state index contributed by atoms with van der Waals surface area (Å²) in [4.78, 5) is 20.3. The second-order valence-corrected chi connectivity index (χ2v) is 7.34. The van der Waals surface area contributed by atoms with E-state index in [1.165, 1.54) is 6.26 Å². The average molecular weight is 333 g/mol. The van der Waals surface area contributed by atoms with Crippen molar-refractivity contribution in [2.45, 2.75) is 30.7 Å². The predicted molar refractivity (Wildman–Crippen MR) is 86.5 cm³/mol. The third-order valence-electron chi connectivity index (χ3n) is 3.41. The lowest BCUT2D eigenvalue weighted by Gasteiger charge is -2.14. The van der Waals surface area contributed by atoms with Crippen molar-refractivity contribution in [2.75, 3.05) is 6.26 Å². The summed E-state index contributed by atoms with van der Waals surface area (Å²) in [5.74, 6) is -0.0876. The Morgan fingerprint density at radius 1 is 1.22 bits per heavy atom. The molecule has 1 atom stereocenters. The molecule has 1 heterocycles. The number of sulfone groups is 1. The van der Waals surface area contributed by atoms with Crippen molar-refractivity contribution in [2.24, 2.45) is 0 Å². The predicted octanol–water partition coefficient (Wildman–Crippen LogP) is 1.69. The van der Waals surface area contributed by atoms with E-state index < -0.39 is 9.84 Å². The zero-order valence-electron chi connectivity index (χ0n) is 13.1. The van der Waals surface area contributed by atoms with Crippen LogP contribution in [-0.4, -0.2) is 30.5 Å². The van der Waals surface area contributed by atoms with E-state index in [0.717, 1.165) is 11.3 Å². The van der Waals surface area contributed by atoms with Gasteiger partial charge in [0, 0.05) is 31.3 Å². The van der Waals surface area contributed by atoms with Crippen molar-refractivity contribution < 1.29 is 13.2 Å². The van der Waals surface area contributed by atoms with Crippen LogP contribution in [0.1, 0.15) is 30.6 Å². The molecule has 0 fully saturated rings. The highest BCUT2D eigenvalue weighted by Gasteiger charge is 2.12. The van der Waals surface area contributed by atoms with Crippen molar-refractivity contribution in [1.82, 2.24) is 15.3 Å². The first-order valence-electron chi connectivity index (χ1n) is 7.20. The van der Waals surface area contributed by atoms with Crippen molar-refractivity contribution in [3.05, 3.63) is 54.1 Å². The third kappa shape index (κ3) is 5.14. The van der Waals surface area contributed by atoms with Crippen molar-refractivity contribution in [3.8, 4) is 0 Å². The number of hydrogen-bond donors (Lipinski definition) is 1. The summed E-state index contributed by atoms with van der Waals surface area (Å²) in [6, 6.07) is 6.33. The number of nitrogens with zero attached hydrogens (tertiary/aromatic N) is 2. The number of benzene rings is 1. The molecule has 122 valence electrons. The van der Waals surface area contributed by atoms with Gasteiger partial charge in [-0.2, -0.15) is 0 Å². The van der Waals surface area contributed by atoms with Gasteiger partial charge in [-0.05, 0) is 31.0 Å². The minimum absolute atomic E-state index is 0.0876. The van der Waals surface area contributed by atoms with Gasteiger partial charge in [-0.25, -0.2) is 8.42 Å². The molecule has 0 saturated carbocycles. The topological polar surface area (TPSA) is 89.0 Å². The zero-order valence-corrected chi connectivity index (χ0v) is 13.9. The van der Waals surface area contributed by atoms with E-state index in [1.807, 2.05) is 6.92 Å². The SMILES string of the molecule is CC(NC(=O)CCc1cnccn1)c1ccc(S(C)(=O)=O)cc1. The molecule has 2 aromatic rings. The first kappa shape index (κ1) is 17.1. The molecule has 1 amide bonds. The Morgan fingerprint density at radius 2 is 1.91 bits per heavy atom. The molecule has 0 aliphatic carbocycles. The molecule has 0 saturated heterocycles. The molecule has 6 nitrogen and oxygen atoms in total. The molecular formula is C16H19N3O3S. The summed E-state index contributed by atoms with van der Waals surface area (Å²) in [7, 11) is -3.21. The molecular weight excluding hydrogens is 314 g/mol. The van der Waals surface area contributed by atoms with Gasteiger partial charge >= 0.3 is 0 Å². The minimum atomic E-state index is -3.21. The summed E-state index contributed by atoms with van der Waals surface area (Å²) in [5.41, 5.74) is 1.62. The highest BCUT2D eigenvalue weighted by Crippen LogP contribution is 2.16. The summed E-state index contributed by atoms with van der Waals surface area (Å²) >= 11 is 0. The number of amides is 1. The Bertz CT molecular complexity index is 759. The lowest BCUT2D eigenvalue weighted by molar-refractivity contribution is -0.121. The van der Waals surface area contributed by atoms with Crippen LogP contribution in [0.4, 0.5) is 0 Å². The normalized spacial score (nSPS) is 12.6. The van der Waals surface area contributed by atoms with Gasteiger partial charge in [0.1, 0.15) is 0 Å². The van der Waals surface area contributed by atoms with Crippen molar-refractivity contribution in [1.29, 1.82) is 0 Å².